The summed E-state index contributed by atoms with van der Waals surface area (Å²) in [6, 6.07) is 17.6. The van der Waals surface area contributed by atoms with Crippen LogP contribution in [-0.4, -0.2) is 37.8 Å². The molecule has 1 aliphatic rings. The lowest BCUT2D eigenvalue weighted by atomic mass is 9.95. The number of benzene rings is 2. The van der Waals surface area contributed by atoms with Crippen LogP contribution >= 0.6 is 0 Å². The van der Waals surface area contributed by atoms with Gasteiger partial charge in [0.2, 0.25) is 0 Å². The van der Waals surface area contributed by atoms with E-state index in [1.165, 1.54) is 0 Å². The number of aryl methyl sites for hydroxylation is 1. The Morgan fingerprint density at radius 3 is 2.31 bits per heavy atom. The molecular weight excluding hydrogens is 366 g/mol. The normalized spacial score (nSPS) is 18.3. The molecule has 4 rings (SSSR count). The van der Waals surface area contributed by atoms with Gasteiger partial charge in [0, 0.05) is 31.0 Å². The quantitative estimate of drug-likeness (QED) is 0.400. The van der Waals surface area contributed by atoms with Crippen molar-refractivity contribution >= 4 is 17.4 Å². The van der Waals surface area contributed by atoms with Gasteiger partial charge in [-0.15, -0.1) is 0 Å². The lowest BCUT2D eigenvalue weighted by Gasteiger charge is -2.25. The first-order valence-electron chi connectivity index (χ1n) is 9.51. The summed E-state index contributed by atoms with van der Waals surface area (Å²) >= 11 is 0. The van der Waals surface area contributed by atoms with Crippen molar-refractivity contribution in [2.45, 2.75) is 19.0 Å². The van der Waals surface area contributed by atoms with Crippen molar-refractivity contribution in [1.29, 1.82) is 0 Å². The Labute approximate surface area is 168 Å². The lowest BCUT2D eigenvalue weighted by Crippen LogP contribution is -2.31. The monoisotopic (exact) mass is 387 g/mol. The molecule has 0 saturated carbocycles. The molecule has 6 nitrogen and oxygen atoms in total. The van der Waals surface area contributed by atoms with E-state index in [1.807, 2.05) is 47.2 Å². The van der Waals surface area contributed by atoms with Gasteiger partial charge in [0.05, 0.1) is 17.9 Å². The molecule has 1 fully saturated rings. The number of aliphatic hydroxyl groups is 1. The van der Waals surface area contributed by atoms with E-state index in [1.54, 1.807) is 41.7 Å². The number of likely N-dealkylation sites (tertiary alicyclic amines) is 1. The van der Waals surface area contributed by atoms with E-state index in [-0.39, 0.29) is 11.3 Å². The van der Waals surface area contributed by atoms with Crippen LogP contribution in [-0.2, 0) is 16.1 Å². The maximum absolute atomic E-state index is 12.9. The molecule has 2 heterocycles. The predicted molar refractivity (Wildman–Crippen MR) is 109 cm³/mol. The third-order valence-corrected chi connectivity index (χ3v) is 5.08. The number of hydrogen-bond acceptors (Lipinski definition) is 4. The van der Waals surface area contributed by atoms with E-state index in [4.69, 9.17) is 0 Å². The smallest absolute Gasteiger partial charge is 0.295 e. The van der Waals surface area contributed by atoms with Crippen LogP contribution in [0.2, 0.25) is 0 Å². The van der Waals surface area contributed by atoms with Gasteiger partial charge in [0.25, 0.3) is 11.7 Å². The average Bonchev–Trinajstić information content (AvgIpc) is 3.37. The van der Waals surface area contributed by atoms with Crippen LogP contribution in [0.3, 0.4) is 0 Å². The summed E-state index contributed by atoms with van der Waals surface area (Å²) in [6.07, 6.45) is 5.95. The van der Waals surface area contributed by atoms with E-state index in [2.05, 4.69) is 4.98 Å². The van der Waals surface area contributed by atoms with Crippen LogP contribution in [0.1, 0.15) is 23.6 Å². The molecule has 1 aromatic heterocycles. The zero-order valence-corrected chi connectivity index (χ0v) is 15.8. The molecule has 3 aromatic rings. The second-order valence-electron chi connectivity index (χ2n) is 6.92. The summed E-state index contributed by atoms with van der Waals surface area (Å²) < 4.78 is 1.93. The van der Waals surface area contributed by atoms with E-state index in [0.29, 0.717) is 25.1 Å². The first-order chi connectivity index (χ1) is 14.2. The minimum atomic E-state index is -0.650. The van der Waals surface area contributed by atoms with Crippen molar-refractivity contribution in [2.75, 3.05) is 6.54 Å². The highest BCUT2D eigenvalue weighted by Gasteiger charge is 2.45. The third kappa shape index (κ3) is 3.69. The second-order valence-corrected chi connectivity index (χ2v) is 6.92. The average molecular weight is 387 g/mol. The summed E-state index contributed by atoms with van der Waals surface area (Å²) in [5.41, 5.74) is 1.45. The molecule has 0 radical (unpaired) electrons. The predicted octanol–water partition coefficient (Wildman–Crippen LogP) is 3.40. The largest absolute Gasteiger partial charge is 0.507 e. The lowest BCUT2D eigenvalue weighted by molar-refractivity contribution is -0.139. The zero-order valence-electron chi connectivity index (χ0n) is 15.8. The van der Waals surface area contributed by atoms with Crippen molar-refractivity contribution in [3.8, 4) is 0 Å². The molecule has 29 heavy (non-hydrogen) atoms. The van der Waals surface area contributed by atoms with E-state index in [9.17, 15) is 14.7 Å². The van der Waals surface area contributed by atoms with Gasteiger partial charge >= 0.3 is 0 Å². The highest BCUT2D eigenvalue weighted by molar-refractivity contribution is 6.46. The molecule has 1 atom stereocenters. The number of carbonyl (C=O) groups is 2. The Morgan fingerprint density at radius 2 is 1.66 bits per heavy atom. The van der Waals surface area contributed by atoms with Gasteiger partial charge < -0.3 is 14.6 Å². The van der Waals surface area contributed by atoms with Crippen molar-refractivity contribution < 1.29 is 14.7 Å². The first kappa shape index (κ1) is 18.7. The van der Waals surface area contributed by atoms with Crippen molar-refractivity contribution in [1.82, 2.24) is 14.5 Å². The molecule has 0 spiro atoms. The summed E-state index contributed by atoms with van der Waals surface area (Å²) in [6.45, 7) is 1.08. The number of nitrogens with zero attached hydrogens (tertiary/aromatic N) is 3. The molecule has 6 heteroatoms. The molecule has 1 N–H and O–H groups in total. The summed E-state index contributed by atoms with van der Waals surface area (Å²) in [4.78, 5) is 31.3. The van der Waals surface area contributed by atoms with Gasteiger partial charge in [-0.3, -0.25) is 9.59 Å². The van der Waals surface area contributed by atoms with Crippen molar-refractivity contribution in [3.05, 3.63) is 96.1 Å². The Balaban J connectivity index is 1.70. The van der Waals surface area contributed by atoms with Crippen LogP contribution < -0.4 is 0 Å². The minimum Gasteiger partial charge on any atom is -0.507 e. The molecule has 2 aromatic carbocycles. The SMILES string of the molecule is O=C1C(=O)N(CCCn2ccnc2)[C@@H](c2ccccc2)C1=C(O)c1ccccc1. The second kappa shape index (κ2) is 8.14. The molecule has 0 unspecified atom stereocenters. The summed E-state index contributed by atoms with van der Waals surface area (Å²) in [5, 5.41) is 10.9. The Kier molecular flexibility index (Phi) is 5.24. The van der Waals surface area contributed by atoms with Gasteiger partial charge in [0.15, 0.2) is 0 Å². The van der Waals surface area contributed by atoms with Crippen LogP contribution in [0.5, 0.6) is 0 Å². The third-order valence-electron chi connectivity index (χ3n) is 5.08. The summed E-state index contributed by atoms with van der Waals surface area (Å²) in [5.74, 6) is -1.38. The van der Waals surface area contributed by atoms with Crippen LogP contribution in [0.15, 0.2) is 85.0 Å². The number of Topliss-reactive ketones (excluding diaryl/α,β-unsaturated/α-hetero) is 1. The van der Waals surface area contributed by atoms with Crippen LogP contribution in [0.25, 0.3) is 5.76 Å². The Morgan fingerprint density at radius 1 is 0.966 bits per heavy atom. The molecule has 1 aliphatic heterocycles. The van der Waals surface area contributed by atoms with E-state index in [0.717, 1.165) is 5.56 Å². The molecule has 1 amide bonds. The van der Waals surface area contributed by atoms with Crippen LogP contribution in [0, 0.1) is 0 Å². The van der Waals surface area contributed by atoms with E-state index < -0.39 is 17.7 Å². The fourth-order valence-corrected chi connectivity index (χ4v) is 3.69. The molecule has 146 valence electrons. The number of amides is 1. The highest BCUT2D eigenvalue weighted by atomic mass is 16.3. The van der Waals surface area contributed by atoms with Crippen molar-refractivity contribution in [2.24, 2.45) is 0 Å². The van der Waals surface area contributed by atoms with Crippen LogP contribution in [0.4, 0.5) is 0 Å². The number of rotatable bonds is 6. The van der Waals surface area contributed by atoms with E-state index >= 15 is 0 Å². The van der Waals surface area contributed by atoms with Gasteiger partial charge in [0.1, 0.15) is 5.76 Å². The Bertz CT molecular complexity index is 1030. The van der Waals surface area contributed by atoms with Crippen molar-refractivity contribution in [3.63, 3.8) is 0 Å². The standard InChI is InChI=1S/C23H21N3O3/c27-21(18-10-5-2-6-11-18)19-20(17-8-3-1-4-9-17)26(23(29)22(19)28)14-7-13-25-15-12-24-16-25/h1-6,8-12,15-16,20,27H,7,13-14H2/t20-/m0/s1. The topological polar surface area (TPSA) is 75.4 Å². The number of aliphatic hydroxyl groups excluding tert-OH is 1. The van der Waals surface area contributed by atoms with Gasteiger partial charge in [-0.25, -0.2) is 4.98 Å². The highest BCUT2D eigenvalue weighted by Crippen LogP contribution is 2.39. The first-order valence-corrected chi connectivity index (χ1v) is 9.51. The minimum absolute atomic E-state index is 0.134. The number of carbonyl (C=O) groups excluding carboxylic acids is 2. The molecule has 1 saturated heterocycles. The Hall–Kier alpha value is -3.67. The maximum Gasteiger partial charge on any atom is 0.295 e. The summed E-state index contributed by atoms with van der Waals surface area (Å²) in [7, 11) is 0. The number of hydrogen-bond donors (Lipinski definition) is 1. The van der Waals surface area contributed by atoms with Gasteiger partial charge in [-0.05, 0) is 12.0 Å². The molecule has 0 bridgehead atoms. The fourth-order valence-electron chi connectivity index (χ4n) is 3.69. The molecular formula is C23H21N3O3. The fraction of sp³-hybridized carbons (Fsp3) is 0.174. The van der Waals surface area contributed by atoms with Gasteiger partial charge in [-0.1, -0.05) is 60.7 Å². The number of aromatic nitrogens is 2. The zero-order chi connectivity index (χ0) is 20.2. The maximum atomic E-state index is 12.9. The molecule has 0 aliphatic carbocycles. The number of imidazole rings is 1. The number of ketones is 1. The van der Waals surface area contributed by atoms with Gasteiger partial charge in [-0.2, -0.15) is 0 Å².